The maximum Gasteiger partial charge on any atom is 0.321 e. The van der Waals surface area contributed by atoms with Gasteiger partial charge in [0, 0.05) is 82.3 Å². The highest BCUT2D eigenvalue weighted by Crippen LogP contribution is 2.54. The summed E-state index contributed by atoms with van der Waals surface area (Å²) < 4.78 is 23.3. The molecule has 0 radical (unpaired) electrons. The zero-order valence-electron chi connectivity index (χ0n) is 46.5. The number of phenols is 2. The number of carbonyl (C=O) groups is 5. The molecule has 0 saturated carbocycles. The minimum Gasteiger partial charge on any atom is -0.510 e. The number of aliphatic imine (C=N–C) groups is 3. The molecule has 0 unspecified atom stereocenters. The molecule has 2 saturated heterocycles. The molecule has 2 aromatic rings. The fraction of sp³-hybridized carbons (Fsp3) is 0.387. The molecular weight excluding hydrogens is 1050 g/mol. The largest absolute Gasteiger partial charge is 0.510 e. The summed E-state index contributed by atoms with van der Waals surface area (Å²) in [6.45, 7) is 14.4. The van der Waals surface area contributed by atoms with E-state index in [4.69, 9.17) is 33.9 Å². The number of Topliss-reactive ketones (excluding diaryl/α,β-unsaturated/α-hetero) is 1. The van der Waals surface area contributed by atoms with Gasteiger partial charge in [-0.25, -0.2) is 15.0 Å². The molecule has 20 heteroatoms. The Balaban J connectivity index is 0.910. The number of phenolic OH excluding ortho intramolecular Hbond substituents is 2. The maximum atomic E-state index is 14.4. The highest BCUT2D eigenvalue weighted by molar-refractivity contribution is 6.31. The molecule has 3 aliphatic carbocycles. The zero-order chi connectivity index (χ0) is 58.7. The number of allylic oxidation sites excluding steroid dienone is 11. The van der Waals surface area contributed by atoms with Crippen LogP contribution < -0.4 is 15.4 Å². The van der Waals surface area contributed by atoms with Crippen LogP contribution in [0.15, 0.2) is 137 Å². The summed E-state index contributed by atoms with van der Waals surface area (Å²) in [6.07, 6.45) is 1.60. The third kappa shape index (κ3) is 8.60. The van der Waals surface area contributed by atoms with Crippen molar-refractivity contribution in [3.8, 4) is 17.2 Å². The van der Waals surface area contributed by atoms with E-state index in [1.54, 1.807) is 13.0 Å². The van der Waals surface area contributed by atoms with Gasteiger partial charge in [-0.15, -0.1) is 0 Å². The lowest BCUT2D eigenvalue weighted by molar-refractivity contribution is -0.249. The molecule has 6 aliphatic heterocycles. The van der Waals surface area contributed by atoms with Crippen molar-refractivity contribution in [2.45, 2.75) is 116 Å². The number of ether oxygens (including phenoxy) is 4. The van der Waals surface area contributed by atoms with Gasteiger partial charge in [-0.3, -0.25) is 24.0 Å². The zero-order valence-corrected chi connectivity index (χ0v) is 46.5. The number of amides is 1. The number of methoxy groups -OCH3 is 2. The predicted molar refractivity (Wildman–Crippen MR) is 298 cm³/mol. The van der Waals surface area contributed by atoms with Gasteiger partial charge in [0.15, 0.2) is 17.9 Å². The minimum atomic E-state index is -2.41. The number of ketones is 3. The van der Waals surface area contributed by atoms with Gasteiger partial charge in [0.25, 0.3) is 0 Å². The smallest absolute Gasteiger partial charge is 0.321 e. The van der Waals surface area contributed by atoms with Crippen molar-refractivity contribution in [2.75, 3.05) is 20.8 Å². The highest BCUT2D eigenvalue weighted by Gasteiger charge is 2.52. The minimum absolute atomic E-state index is 0.0400. The van der Waals surface area contributed by atoms with Crippen LogP contribution in [-0.4, -0.2) is 128 Å². The Labute approximate surface area is 471 Å². The second-order valence-electron chi connectivity index (χ2n) is 22.1. The number of nitrogens with zero attached hydrogens (tertiary/aromatic N) is 3. The van der Waals surface area contributed by atoms with Crippen LogP contribution >= 0.6 is 0 Å². The van der Waals surface area contributed by atoms with Crippen LogP contribution in [0.5, 0.6) is 17.2 Å². The van der Waals surface area contributed by atoms with Crippen LogP contribution in [0.4, 0.5) is 0 Å². The molecule has 2 fully saturated rings. The molecule has 8 N–H and O–H groups in total. The molecule has 82 heavy (non-hydrogen) atoms. The number of aliphatic hydroxyl groups is 4. The number of esters is 1. The van der Waals surface area contributed by atoms with Crippen molar-refractivity contribution in [3.05, 3.63) is 156 Å². The van der Waals surface area contributed by atoms with E-state index in [2.05, 4.69) is 24.1 Å². The summed E-state index contributed by atoms with van der Waals surface area (Å²) in [6, 6.07) is 3.27. The van der Waals surface area contributed by atoms with Crippen LogP contribution in [-0.2, 0) is 35.0 Å². The Hall–Kier alpha value is -8.14. The second kappa shape index (κ2) is 20.7. The van der Waals surface area contributed by atoms with Crippen LogP contribution in [0.25, 0.3) is 0 Å². The fourth-order valence-electron chi connectivity index (χ4n) is 13.2. The lowest BCUT2D eigenvalue weighted by Gasteiger charge is -2.43. The SMILES string of the molecule is C=CC1=C(C)C2=NC1=CC1=NC(=CC3=C(C)C4=C(O)[C@H](C(=O)OC)C(=C5NC(=C2)[C@@H](C)[C@@H]5CCC(=O)N[C@@H]2C[C@@H](O[C@H]5C[C@](O)(C(=O)CO)Cc6c(O)c7c(c(O)c65)C(=O)c5c(OC)cccc5C7=O)O[C@H](C)[C@@H]2O)C4=N3)C(CC)=C1C. The maximum absolute atomic E-state index is 14.4. The van der Waals surface area contributed by atoms with E-state index in [-0.39, 0.29) is 58.9 Å². The van der Waals surface area contributed by atoms with Crippen molar-refractivity contribution in [1.29, 1.82) is 0 Å². The third-order valence-electron chi connectivity index (χ3n) is 17.7. The number of fused-ring (bicyclic) bond motifs is 8. The molecule has 1 amide bonds. The first-order valence-corrected chi connectivity index (χ1v) is 27.3. The molecule has 9 atom stereocenters. The van der Waals surface area contributed by atoms with Crippen molar-refractivity contribution in [1.82, 2.24) is 10.6 Å². The molecule has 426 valence electrons. The number of aromatic hydroxyl groups is 2. The number of nitrogens with one attached hydrogen (secondary N) is 2. The Morgan fingerprint density at radius 1 is 0.939 bits per heavy atom. The molecule has 11 rings (SSSR count). The molecule has 8 bridgehead atoms. The molecule has 0 aromatic heterocycles. The Bertz CT molecular complexity index is 3690. The molecule has 0 spiro atoms. The van der Waals surface area contributed by atoms with Crippen molar-refractivity contribution < 1.29 is 73.6 Å². The Morgan fingerprint density at radius 3 is 2.35 bits per heavy atom. The van der Waals surface area contributed by atoms with Gasteiger partial charge >= 0.3 is 5.97 Å². The van der Waals surface area contributed by atoms with Crippen LogP contribution in [0.2, 0.25) is 0 Å². The fourth-order valence-corrected chi connectivity index (χ4v) is 13.2. The van der Waals surface area contributed by atoms with Gasteiger partial charge < -0.3 is 60.2 Å². The van der Waals surface area contributed by atoms with Crippen molar-refractivity contribution in [3.63, 3.8) is 0 Å². The van der Waals surface area contributed by atoms with E-state index in [1.165, 1.54) is 32.4 Å². The monoisotopic (exact) mass is 1120 g/mol. The Morgan fingerprint density at radius 2 is 1.66 bits per heavy atom. The quantitative estimate of drug-likeness (QED) is 0.0740. The lowest BCUT2D eigenvalue weighted by atomic mass is 9.72. The van der Waals surface area contributed by atoms with E-state index in [1.807, 2.05) is 45.9 Å². The molecule has 20 nitrogen and oxygen atoms in total. The van der Waals surface area contributed by atoms with Crippen LogP contribution in [0.3, 0.4) is 0 Å². The number of carbonyl (C=O) groups excluding carboxylic acids is 5. The molecule has 9 aliphatic rings. The first-order valence-electron chi connectivity index (χ1n) is 27.3. The first kappa shape index (κ1) is 55.8. The average molecular weight is 1120 g/mol. The topological polar surface area (TPSA) is 305 Å². The summed E-state index contributed by atoms with van der Waals surface area (Å²) in [4.78, 5) is 85.1. The standard InChI is InChI=1S/C62H63N5O15/c1-10-29-24(3)34-17-36-26(5)31(53(66-36)49-52(61(77)80-9)58(74)46-27(6)37(67-54(46)49)19-39-30(11-2)25(4)35(64-39)18-38(29)63-34)15-16-44(70)65-40-20-45(81-28(7)55(40)71)82-42-22-62(78,43(69)23-68)21-33-48(42)60(76)51-50(57(33)73)56(72)32-13-12-14-41(79-8)47(32)59(51)75/h10,12-14,17-19,26,28,31,40,42,45,52,55,66,68,71,73-74,76,78H,1,11,15-16,20-23H2,2-9H3,(H,65,70)/t26-,28+,31-,40+,42-,45+,52+,55-,62-/m0/s1. The van der Waals surface area contributed by atoms with Crippen LogP contribution in [0, 0.1) is 17.8 Å². The normalized spacial score (nSPS) is 28.0. The van der Waals surface area contributed by atoms with Gasteiger partial charge in [-0.05, 0) is 87.1 Å². The summed E-state index contributed by atoms with van der Waals surface area (Å²) in [5, 5.41) is 76.0. The first-order chi connectivity index (χ1) is 39.1. The number of rotatable bonds is 12. The van der Waals surface area contributed by atoms with Crippen molar-refractivity contribution in [2.24, 2.45) is 32.7 Å². The highest BCUT2D eigenvalue weighted by atomic mass is 16.7. The Kier molecular flexibility index (Phi) is 14.1. The summed E-state index contributed by atoms with van der Waals surface area (Å²) >= 11 is 0. The van der Waals surface area contributed by atoms with Gasteiger partial charge in [0.1, 0.15) is 47.2 Å². The van der Waals surface area contributed by atoms with E-state index >= 15 is 0 Å². The van der Waals surface area contributed by atoms with Gasteiger partial charge in [0.05, 0.1) is 83.4 Å². The van der Waals surface area contributed by atoms with E-state index in [0.29, 0.717) is 57.4 Å². The summed E-state index contributed by atoms with van der Waals surface area (Å²) in [5.74, 6) is -7.73. The van der Waals surface area contributed by atoms with Crippen molar-refractivity contribution >= 4 is 46.4 Å². The molecule has 2 aromatic carbocycles. The molecular formula is C62H63N5O15. The van der Waals surface area contributed by atoms with E-state index in [9.17, 15) is 54.6 Å². The van der Waals surface area contributed by atoms with Crippen LogP contribution in [0.1, 0.15) is 123 Å². The van der Waals surface area contributed by atoms with Gasteiger partial charge in [-0.1, -0.05) is 38.6 Å². The number of aliphatic hydroxyl groups excluding tert-OH is 3. The number of benzene rings is 2. The van der Waals surface area contributed by atoms with E-state index < -0.39 is 119 Å². The predicted octanol–water partition coefficient (Wildman–Crippen LogP) is 6.20. The third-order valence-corrected chi connectivity index (χ3v) is 17.7. The molecule has 6 heterocycles. The lowest BCUT2D eigenvalue weighted by Crippen LogP contribution is -2.55. The number of hydrogen-bond donors (Lipinski definition) is 8. The van der Waals surface area contributed by atoms with Gasteiger partial charge in [-0.2, -0.15) is 0 Å². The second-order valence-corrected chi connectivity index (χ2v) is 22.1. The van der Waals surface area contributed by atoms with Gasteiger partial charge in [0.2, 0.25) is 11.7 Å². The summed E-state index contributed by atoms with van der Waals surface area (Å²) in [7, 11) is 2.55. The van der Waals surface area contributed by atoms with E-state index in [0.717, 1.165) is 33.7 Å². The number of hydrogen-bond acceptors (Lipinski definition) is 19. The average Bonchev–Trinajstić information content (AvgIpc) is 2.90. The summed E-state index contributed by atoms with van der Waals surface area (Å²) in [5.41, 5.74) is 5.92.